The van der Waals surface area contributed by atoms with Crippen LogP contribution in [0, 0.1) is 11.3 Å². The zero-order chi connectivity index (χ0) is 7.45. The zero-order valence-corrected chi connectivity index (χ0v) is 6.48. The summed E-state index contributed by atoms with van der Waals surface area (Å²) >= 11 is 0. The minimum Gasteiger partial charge on any atom is -0.302 e. The fourth-order valence-electron chi connectivity index (χ4n) is 1.57. The summed E-state index contributed by atoms with van der Waals surface area (Å²) in [4.78, 5) is 0. The largest absolute Gasteiger partial charge is 0.302 e. The first kappa shape index (κ1) is 7.56. The lowest BCUT2D eigenvalue weighted by molar-refractivity contribution is 0.316. The summed E-state index contributed by atoms with van der Waals surface area (Å²) in [5.41, 5.74) is -0.182. The highest BCUT2D eigenvalue weighted by Crippen LogP contribution is 2.26. The van der Waals surface area contributed by atoms with E-state index in [1.54, 1.807) is 0 Å². The Bertz CT molecular complexity index is 140. The van der Waals surface area contributed by atoms with Crippen LogP contribution >= 0.6 is 0 Å². The van der Waals surface area contributed by atoms with Crippen LogP contribution in [0.3, 0.4) is 0 Å². The van der Waals surface area contributed by atoms with Crippen molar-refractivity contribution in [3.63, 3.8) is 0 Å². The van der Waals surface area contributed by atoms with Crippen molar-refractivity contribution in [2.75, 3.05) is 7.05 Å². The second-order valence-corrected chi connectivity index (χ2v) is 3.00. The fraction of sp³-hybridized carbons (Fsp3) is 0.875. The van der Waals surface area contributed by atoms with Crippen molar-refractivity contribution in [3.05, 3.63) is 0 Å². The average Bonchev–Trinajstić information content (AvgIpc) is 2.06. The zero-order valence-electron chi connectivity index (χ0n) is 6.48. The molecule has 1 aliphatic carbocycles. The Balaban J connectivity index is 2.55. The minimum atomic E-state index is -0.182. The molecule has 0 aromatic rings. The van der Waals surface area contributed by atoms with Crippen molar-refractivity contribution < 1.29 is 0 Å². The molecule has 1 fully saturated rings. The maximum atomic E-state index is 8.83. The number of hydrogen-bond acceptors (Lipinski definition) is 2. The summed E-state index contributed by atoms with van der Waals surface area (Å²) in [5.74, 6) is 0. The van der Waals surface area contributed by atoms with Crippen molar-refractivity contribution in [3.8, 4) is 6.07 Å². The number of hydrogen-bond donors (Lipinski definition) is 1. The SMILES string of the molecule is CNC1(C#N)CCCCC1. The molecule has 0 atom stereocenters. The third-order valence-electron chi connectivity index (χ3n) is 2.40. The van der Waals surface area contributed by atoms with Gasteiger partial charge in [-0.25, -0.2) is 0 Å². The lowest BCUT2D eigenvalue weighted by Crippen LogP contribution is -2.42. The van der Waals surface area contributed by atoms with E-state index in [1.807, 2.05) is 7.05 Å². The van der Waals surface area contributed by atoms with Crippen molar-refractivity contribution in [2.24, 2.45) is 0 Å². The standard InChI is InChI=1S/C8H14N2/c1-10-8(7-9)5-3-2-4-6-8/h10H,2-6H2,1H3. The molecule has 0 amide bonds. The second-order valence-electron chi connectivity index (χ2n) is 3.00. The van der Waals surface area contributed by atoms with E-state index < -0.39 is 0 Å². The molecule has 2 heteroatoms. The van der Waals surface area contributed by atoms with Crippen LogP contribution in [0.1, 0.15) is 32.1 Å². The average molecular weight is 138 g/mol. The maximum Gasteiger partial charge on any atom is 0.106 e. The molecule has 0 aliphatic heterocycles. The molecular formula is C8H14N2. The molecule has 0 heterocycles. The highest BCUT2D eigenvalue weighted by atomic mass is 14.9. The summed E-state index contributed by atoms with van der Waals surface area (Å²) in [6.45, 7) is 0. The number of rotatable bonds is 1. The Labute approximate surface area is 62.2 Å². The van der Waals surface area contributed by atoms with Gasteiger partial charge >= 0.3 is 0 Å². The molecule has 1 saturated carbocycles. The van der Waals surface area contributed by atoms with Crippen molar-refractivity contribution >= 4 is 0 Å². The minimum absolute atomic E-state index is 0.182. The molecule has 0 unspecified atom stereocenters. The molecule has 0 aromatic carbocycles. The van der Waals surface area contributed by atoms with Crippen LogP contribution in [0.5, 0.6) is 0 Å². The molecule has 0 bridgehead atoms. The third-order valence-corrected chi connectivity index (χ3v) is 2.40. The molecule has 1 aliphatic rings. The lowest BCUT2D eigenvalue weighted by atomic mass is 9.83. The van der Waals surface area contributed by atoms with E-state index in [2.05, 4.69) is 11.4 Å². The highest BCUT2D eigenvalue weighted by molar-refractivity contribution is 5.07. The van der Waals surface area contributed by atoms with Crippen LogP contribution in [0.4, 0.5) is 0 Å². The first-order chi connectivity index (χ1) is 4.83. The van der Waals surface area contributed by atoms with Crippen molar-refractivity contribution in [1.29, 1.82) is 5.26 Å². The van der Waals surface area contributed by atoms with E-state index in [4.69, 9.17) is 5.26 Å². The third kappa shape index (κ3) is 1.30. The monoisotopic (exact) mass is 138 g/mol. The molecule has 0 saturated heterocycles. The van der Waals surface area contributed by atoms with E-state index >= 15 is 0 Å². The number of nitrogens with zero attached hydrogens (tertiary/aromatic N) is 1. The van der Waals surface area contributed by atoms with Gasteiger partial charge in [0, 0.05) is 0 Å². The topological polar surface area (TPSA) is 35.8 Å². The van der Waals surface area contributed by atoms with Gasteiger partial charge in [-0.3, -0.25) is 0 Å². The molecule has 0 aromatic heterocycles. The van der Waals surface area contributed by atoms with Gasteiger partial charge in [-0.05, 0) is 19.9 Å². The van der Waals surface area contributed by atoms with Gasteiger partial charge in [0.15, 0.2) is 0 Å². The summed E-state index contributed by atoms with van der Waals surface area (Å²) < 4.78 is 0. The van der Waals surface area contributed by atoms with Crippen LogP contribution in [0.15, 0.2) is 0 Å². The van der Waals surface area contributed by atoms with Gasteiger partial charge in [-0.1, -0.05) is 19.3 Å². The van der Waals surface area contributed by atoms with E-state index in [0.29, 0.717) is 0 Å². The van der Waals surface area contributed by atoms with Crippen LogP contribution in [-0.4, -0.2) is 12.6 Å². The van der Waals surface area contributed by atoms with Crippen molar-refractivity contribution in [1.82, 2.24) is 5.32 Å². The van der Waals surface area contributed by atoms with Gasteiger partial charge in [0.1, 0.15) is 5.54 Å². The highest BCUT2D eigenvalue weighted by Gasteiger charge is 2.29. The summed E-state index contributed by atoms with van der Waals surface area (Å²) in [7, 11) is 1.88. The van der Waals surface area contributed by atoms with Gasteiger partial charge in [0.2, 0.25) is 0 Å². The summed E-state index contributed by atoms with van der Waals surface area (Å²) in [5, 5.41) is 11.9. The molecule has 56 valence electrons. The normalized spacial score (nSPS) is 23.6. The number of nitriles is 1. The van der Waals surface area contributed by atoms with Gasteiger partial charge in [0.05, 0.1) is 6.07 Å². The Morgan fingerprint density at radius 2 is 1.90 bits per heavy atom. The van der Waals surface area contributed by atoms with Gasteiger partial charge < -0.3 is 5.32 Å². The van der Waals surface area contributed by atoms with Gasteiger partial charge in [-0.2, -0.15) is 5.26 Å². The fourth-order valence-corrected chi connectivity index (χ4v) is 1.57. The molecule has 1 N–H and O–H groups in total. The van der Waals surface area contributed by atoms with E-state index in [0.717, 1.165) is 12.8 Å². The Morgan fingerprint density at radius 1 is 1.30 bits per heavy atom. The Morgan fingerprint density at radius 3 is 2.20 bits per heavy atom. The predicted octanol–water partition coefficient (Wildman–Crippen LogP) is 1.43. The van der Waals surface area contributed by atoms with Crippen LogP contribution in [0.25, 0.3) is 0 Å². The van der Waals surface area contributed by atoms with E-state index in [9.17, 15) is 0 Å². The quantitative estimate of drug-likeness (QED) is 0.595. The second kappa shape index (κ2) is 3.03. The summed E-state index contributed by atoms with van der Waals surface area (Å²) in [6, 6.07) is 2.36. The van der Waals surface area contributed by atoms with E-state index in [-0.39, 0.29) is 5.54 Å². The first-order valence-electron chi connectivity index (χ1n) is 3.93. The lowest BCUT2D eigenvalue weighted by Gasteiger charge is -2.29. The number of nitrogens with one attached hydrogen (secondary N) is 1. The first-order valence-corrected chi connectivity index (χ1v) is 3.93. The molecular weight excluding hydrogens is 124 g/mol. The van der Waals surface area contributed by atoms with Gasteiger partial charge in [-0.15, -0.1) is 0 Å². The summed E-state index contributed by atoms with van der Waals surface area (Å²) in [6.07, 6.45) is 5.76. The predicted molar refractivity (Wildman–Crippen MR) is 40.5 cm³/mol. The van der Waals surface area contributed by atoms with E-state index in [1.165, 1.54) is 19.3 Å². The van der Waals surface area contributed by atoms with Crippen LogP contribution < -0.4 is 5.32 Å². The molecule has 10 heavy (non-hydrogen) atoms. The van der Waals surface area contributed by atoms with Crippen molar-refractivity contribution in [2.45, 2.75) is 37.6 Å². The Hall–Kier alpha value is -0.550. The smallest absolute Gasteiger partial charge is 0.106 e. The molecule has 1 rings (SSSR count). The molecule has 0 spiro atoms. The molecule has 2 nitrogen and oxygen atoms in total. The van der Waals surface area contributed by atoms with Crippen LogP contribution in [0.2, 0.25) is 0 Å². The Kier molecular flexibility index (Phi) is 2.29. The molecule has 0 radical (unpaired) electrons. The maximum absolute atomic E-state index is 8.83. The van der Waals surface area contributed by atoms with Gasteiger partial charge in [0.25, 0.3) is 0 Å². The van der Waals surface area contributed by atoms with Crippen LogP contribution in [-0.2, 0) is 0 Å².